The summed E-state index contributed by atoms with van der Waals surface area (Å²) in [5.41, 5.74) is 4.04. The van der Waals surface area contributed by atoms with Gasteiger partial charge in [0.2, 0.25) is 0 Å². The molecule has 3 heteroatoms. The molecule has 0 bridgehead atoms. The van der Waals surface area contributed by atoms with Crippen LogP contribution < -0.4 is 0 Å². The van der Waals surface area contributed by atoms with Gasteiger partial charge in [0.1, 0.15) is 0 Å². The van der Waals surface area contributed by atoms with Crippen molar-refractivity contribution in [2.75, 3.05) is 26.2 Å². The highest BCUT2D eigenvalue weighted by atomic mass is 35.5. The molecular formula is C24H25ClN2. The van der Waals surface area contributed by atoms with Gasteiger partial charge in [-0.05, 0) is 28.8 Å². The average molecular weight is 377 g/mol. The number of nitrogens with zero attached hydrogens (tertiary/aromatic N) is 2. The quantitative estimate of drug-likeness (QED) is 0.600. The van der Waals surface area contributed by atoms with Gasteiger partial charge < -0.3 is 0 Å². The minimum Gasteiger partial charge on any atom is -0.297 e. The molecule has 1 aliphatic heterocycles. The van der Waals surface area contributed by atoms with Crippen LogP contribution in [-0.4, -0.2) is 36.0 Å². The Bertz CT molecular complexity index is 825. The van der Waals surface area contributed by atoms with E-state index in [4.69, 9.17) is 11.6 Å². The Morgan fingerprint density at radius 1 is 0.667 bits per heavy atom. The van der Waals surface area contributed by atoms with Gasteiger partial charge in [0.05, 0.1) is 6.04 Å². The monoisotopic (exact) mass is 376 g/mol. The maximum atomic E-state index is 6.12. The second-order valence-electron chi connectivity index (χ2n) is 7.16. The van der Waals surface area contributed by atoms with Crippen molar-refractivity contribution in [1.82, 2.24) is 9.80 Å². The molecule has 0 amide bonds. The molecule has 0 unspecified atom stereocenters. The van der Waals surface area contributed by atoms with Gasteiger partial charge in [-0.1, -0.05) is 84.4 Å². The van der Waals surface area contributed by atoms with Crippen LogP contribution in [0.15, 0.2) is 84.9 Å². The van der Waals surface area contributed by atoms with E-state index in [0.717, 1.165) is 37.7 Å². The van der Waals surface area contributed by atoms with Crippen LogP contribution in [0, 0.1) is 0 Å². The highest BCUT2D eigenvalue weighted by Crippen LogP contribution is 2.30. The summed E-state index contributed by atoms with van der Waals surface area (Å²) >= 11 is 6.12. The summed E-state index contributed by atoms with van der Waals surface area (Å²) < 4.78 is 0. The fraction of sp³-hybridized carbons (Fsp3) is 0.250. The summed E-state index contributed by atoms with van der Waals surface area (Å²) in [6.07, 6.45) is 0. The molecule has 0 N–H and O–H groups in total. The van der Waals surface area contributed by atoms with Crippen LogP contribution in [0.3, 0.4) is 0 Å². The molecule has 1 aliphatic rings. The zero-order valence-electron chi connectivity index (χ0n) is 15.5. The average Bonchev–Trinajstić information content (AvgIpc) is 2.73. The first-order chi connectivity index (χ1) is 13.3. The predicted octanol–water partition coefficient (Wildman–Crippen LogP) is 5.25. The van der Waals surface area contributed by atoms with E-state index in [-0.39, 0.29) is 6.04 Å². The molecule has 1 saturated heterocycles. The largest absolute Gasteiger partial charge is 0.297 e. The molecule has 1 fully saturated rings. The number of halogens is 1. The second-order valence-corrected chi connectivity index (χ2v) is 7.60. The fourth-order valence-electron chi connectivity index (χ4n) is 3.92. The first-order valence-electron chi connectivity index (χ1n) is 9.60. The third-order valence-electron chi connectivity index (χ3n) is 5.32. The Morgan fingerprint density at radius 3 is 1.85 bits per heavy atom. The van der Waals surface area contributed by atoms with Gasteiger partial charge in [0.15, 0.2) is 0 Å². The van der Waals surface area contributed by atoms with Crippen molar-refractivity contribution >= 4 is 11.6 Å². The number of hydrogen-bond donors (Lipinski definition) is 0. The van der Waals surface area contributed by atoms with Crippen LogP contribution in [0.2, 0.25) is 5.02 Å². The van der Waals surface area contributed by atoms with E-state index in [1.54, 1.807) is 0 Å². The lowest BCUT2D eigenvalue weighted by atomic mass is 9.96. The van der Waals surface area contributed by atoms with Crippen LogP contribution in [0.1, 0.15) is 22.7 Å². The van der Waals surface area contributed by atoms with Crippen LogP contribution in [0.4, 0.5) is 0 Å². The smallest absolute Gasteiger partial charge is 0.0602 e. The SMILES string of the molecule is Clc1ccc([C@@H](c2ccccc2)N2CCN(Cc3ccccc3)CC2)cc1. The zero-order valence-corrected chi connectivity index (χ0v) is 16.2. The number of rotatable bonds is 5. The maximum Gasteiger partial charge on any atom is 0.0602 e. The van der Waals surface area contributed by atoms with Crippen molar-refractivity contribution in [2.24, 2.45) is 0 Å². The van der Waals surface area contributed by atoms with Gasteiger partial charge in [0, 0.05) is 37.7 Å². The lowest BCUT2D eigenvalue weighted by Gasteiger charge is -2.40. The summed E-state index contributed by atoms with van der Waals surface area (Å²) in [5, 5.41) is 0.790. The zero-order chi connectivity index (χ0) is 18.5. The lowest BCUT2D eigenvalue weighted by molar-refractivity contribution is 0.105. The van der Waals surface area contributed by atoms with Crippen molar-refractivity contribution in [3.8, 4) is 0 Å². The molecule has 1 atom stereocenters. The minimum absolute atomic E-state index is 0.280. The van der Waals surface area contributed by atoms with E-state index in [1.807, 2.05) is 12.1 Å². The van der Waals surface area contributed by atoms with Crippen molar-refractivity contribution in [1.29, 1.82) is 0 Å². The van der Waals surface area contributed by atoms with E-state index in [9.17, 15) is 0 Å². The van der Waals surface area contributed by atoms with Crippen LogP contribution in [0.25, 0.3) is 0 Å². The standard InChI is InChI=1S/C24H25ClN2/c25-23-13-11-22(12-14-23)24(21-9-5-2-6-10-21)27-17-15-26(16-18-27)19-20-7-3-1-4-8-20/h1-14,24H,15-19H2/t24-/m1/s1. The van der Waals surface area contributed by atoms with Crippen molar-refractivity contribution in [3.63, 3.8) is 0 Å². The summed E-state index contributed by atoms with van der Waals surface area (Å²) in [6, 6.07) is 30.2. The van der Waals surface area contributed by atoms with E-state index >= 15 is 0 Å². The molecule has 0 radical (unpaired) electrons. The predicted molar refractivity (Wildman–Crippen MR) is 113 cm³/mol. The van der Waals surface area contributed by atoms with Gasteiger partial charge in [-0.2, -0.15) is 0 Å². The Morgan fingerprint density at radius 2 is 1.22 bits per heavy atom. The van der Waals surface area contributed by atoms with Crippen LogP contribution >= 0.6 is 11.6 Å². The van der Waals surface area contributed by atoms with Gasteiger partial charge in [-0.15, -0.1) is 0 Å². The first kappa shape index (κ1) is 18.2. The molecule has 3 aromatic carbocycles. The fourth-order valence-corrected chi connectivity index (χ4v) is 4.04. The van der Waals surface area contributed by atoms with Crippen molar-refractivity contribution < 1.29 is 0 Å². The van der Waals surface area contributed by atoms with Gasteiger partial charge in [0.25, 0.3) is 0 Å². The summed E-state index contributed by atoms with van der Waals surface area (Å²) in [5.74, 6) is 0. The Balaban J connectivity index is 1.49. The van der Waals surface area contributed by atoms with E-state index in [2.05, 4.69) is 82.6 Å². The van der Waals surface area contributed by atoms with Crippen LogP contribution in [0.5, 0.6) is 0 Å². The summed E-state index contributed by atoms with van der Waals surface area (Å²) in [4.78, 5) is 5.15. The molecule has 0 aliphatic carbocycles. The Hall–Kier alpha value is -2.13. The Kier molecular flexibility index (Phi) is 5.88. The molecule has 4 rings (SSSR count). The van der Waals surface area contributed by atoms with E-state index in [0.29, 0.717) is 0 Å². The maximum absolute atomic E-state index is 6.12. The van der Waals surface area contributed by atoms with Crippen LogP contribution in [-0.2, 0) is 6.54 Å². The highest BCUT2D eigenvalue weighted by molar-refractivity contribution is 6.30. The second kappa shape index (κ2) is 8.71. The molecule has 27 heavy (non-hydrogen) atoms. The highest BCUT2D eigenvalue weighted by Gasteiger charge is 2.26. The molecule has 0 saturated carbocycles. The van der Waals surface area contributed by atoms with Gasteiger partial charge >= 0.3 is 0 Å². The number of hydrogen-bond acceptors (Lipinski definition) is 2. The van der Waals surface area contributed by atoms with Gasteiger partial charge in [-0.3, -0.25) is 9.80 Å². The molecule has 0 aromatic heterocycles. The molecule has 2 nitrogen and oxygen atoms in total. The van der Waals surface area contributed by atoms with E-state index < -0.39 is 0 Å². The molecule has 138 valence electrons. The van der Waals surface area contributed by atoms with Crippen molar-refractivity contribution in [2.45, 2.75) is 12.6 Å². The summed E-state index contributed by atoms with van der Waals surface area (Å²) in [7, 11) is 0. The molecule has 3 aromatic rings. The normalized spacial score (nSPS) is 16.9. The number of piperazine rings is 1. The molecular weight excluding hydrogens is 352 g/mol. The number of benzene rings is 3. The first-order valence-corrected chi connectivity index (χ1v) is 9.98. The topological polar surface area (TPSA) is 6.48 Å². The van der Waals surface area contributed by atoms with Gasteiger partial charge in [-0.25, -0.2) is 0 Å². The third-order valence-corrected chi connectivity index (χ3v) is 5.57. The van der Waals surface area contributed by atoms with E-state index in [1.165, 1.54) is 16.7 Å². The Labute approximate surface area is 167 Å². The van der Waals surface area contributed by atoms with Crippen molar-refractivity contribution in [3.05, 3.63) is 107 Å². The lowest BCUT2D eigenvalue weighted by Crippen LogP contribution is -2.47. The summed E-state index contributed by atoms with van der Waals surface area (Å²) in [6.45, 7) is 5.34. The third kappa shape index (κ3) is 4.59. The minimum atomic E-state index is 0.280. The molecule has 0 spiro atoms. The molecule has 1 heterocycles.